The van der Waals surface area contributed by atoms with E-state index in [1.54, 1.807) is 0 Å². The van der Waals surface area contributed by atoms with Gasteiger partial charge in [-0.05, 0) is 31.1 Å². The Morgan fingerprint density at radius 2 is 2.05 bits per heavy atom. The fraction of sp³-hybridized carbons (Fsp3) is 0.867. The van der Waals surface area contributed by atoms with Crippen LogP contribution in [0.2, 0.25) is 0 Å². The molecular weight excluding hydrogens is 256 g/mol. The topological polar surface area (TPSA) is 60.9 Å². The summed E-state index contributed by atoms with van der Waals surface area (Å²) in [7, 11) is 0. The molecule has 3 fully saturated rings. The van der Waals surface area contributed by atoms with E-state index in [9.17, 15) is 14.7 Å². The van der Waals surface area contributed by atoms with Gasteiger partial charge in [-0.25, -0.2) is 0 Å². The molecule has 1 N–H and O–H groups in total. The molecule has 0 aromatic heterocycles. The van der Waals surface area contributed by atoms with E-state index >= 15 is 0 Å². The zero-order valence-electron chi connectivity index (χ0n) is 12.1. The van der Waals surface area contributed by atoms with Gasteiger partial charge in [-0.3, -0.25) is 9.59 Å². The summed E-state index contributed by atoms with van der Waals surface area (Å²) in [5.74, 6) is 0.893. The maximum Gasteiger partial charge on any atom is 0.228 e. The predicted molar refractivity (Wildman–Crippen MR) is 73.8 cm³/mol. The first kappa shape index (κ1) is 13.9. The van der Waals surface area contributed by atoms with Gasteiger partial charge >= 0.3 is 0 Å². The number of rotatable bonds is 3. The Labute approximate surface area is 119 Å². The van der Waals surface area contributed by atoms with Gasteiger partial charge in [0.15, 0.2) is 0 Å². The lowest BCUT2D eigenvalue weighted by atomic mass is 9.95. The molecule has 20 heavy (non-hydrogen) atoms. The fourth-order valence-electron chi connectivity index (χ4n) is 3.32. The Bertz CT molecular complexity index is 408. The van der Waals surface area contributed by atoms with Crippen molar-refractivity contribution in [1.29, 1.82) is 0 Å². The largest absolute Gasteiger partial charge is 0.393 e. The van der Waals surface area contributed by atoms with Gasteiger partial charge in [-0.1, -0.05) is 6.92 Å². The van der Waals surface area contributed by atoms with Crippen molar-refractivity contribution < 1.29 is 14.7 Å². The lowest BCUT2D eigenvalue weighted by Crippen LogP contribution is -2.47. The van der Waals surface area contributed by atoms with Crippen molar-refractivity contribution in [2.24, 2.45) is 17.8 Å². The third kappa shape index (κ3) is 2.82. The molecule has 1 aliphatic carbocycles. The molecule has 5 nitrogen and oxygen atoms in total. The van der Waals surface area contributed by atoms with E-state index in [4.69, 9.17) is 0 Å². The molecule has 2 saturated heterocycles. The maximum atomic E-state index is 12.5. The van der Waals surface area contributed by atoms with Crippen LogP contribution in [-0.4, -0.2) is 59.0 Å². The SMILES string of the molecule is CC1CN(C(=O)C2CC(=O)N(CC3CC3)C2)CCC1O. The summed E-state index contributed by atoms with van der Waals surface area (Å²) in [5, 5.41) is 9.73. The van der Waals surface area contributed by atoms with Crippen LogP contribution in [0.1, 0.15) is 32.6 Å². The molecule has 2 amide bonds. The van der Waals surface area contributed by atoms with Gasteiger partial charge in [0.2, 0.25) is 11.8 Å². The summed E-state index contributed by atoms with van der Waals surface area (Å²) >= 11 is 0. The molecule has 3 atom stereocenters. The summed E-state index contributed by atoms with van der Waals surface area (Å²) in [5.41, 5.74) is 0. The van der Waals surface area contributed by atoms with Gasteiger partial charge in [0.1, 0.15) is 0 Å². The molecule has 0 bridgehead atoms. The number of amides is 2. The van der Waals surface area contributed by atoms with Crippen LogP contribution in [0.5, 0.6) is 0 Å². The van der Waals surface area contributed by atoms with Crippen LogP contribution in [0.3, 0.4) is 0 Å². The first-order valence-electron chi connectivity index (χ1n) is 7.79. The van der Waals surface area contributed by atoms with E-state index in [-0.39, 0.29) is 29.8 Å². The smallest absolute Gasteiger partial charge is 0.228 e. The Kier molecular flexibility index (Phi) is 3.71. The van der Waals surface area contributed by atoms with E-state index in [1.165, 1.54) is 12.8 Å². The normalized spacial score (nSPS) is 34.7. The molecule has 5 heteroatoms. The number of hydrogen-bond donors (Lipinski definition) is 1. The Balaban J connectivity index is 1.56. The number of piperidine rings is 1. The minimum atomic E-state index is -0.296. The molecule has 2 aliphatic heterocycles. The maximum absolute atomic E-state index is 12.5. The number of hydrogen-bond acceptors (Lipinski definition) is 3. The molecular formula is C15H24N2O3. The Hall–Kier alpha value is -1.10. The van der Waals surface area contributed by atoms with E-state index in [0.29, 0.717) is 38.4 Å². The summed E-state index contributed by atoms with van der Waals surface area (Å²) in [6.45, 7) is 4.66. The van der Waals surface area contributed by atoms with Crippen LogP contribution in [-0.2, 0) is 9.59 Å². The average Bonchev–Trinajstić information content (AvgIpc) is 3.16. The van der Waals surface area contributed by atoms with E-state index in [1.807, 2.05) is 16.7 Å². The molecule has 2 heterocycles. The number of nitrogens with zero attached hydrogens (tertiary/aromatic N) is 2. The van der Waals surface area contributed by atoms with Crippen LogP contribution >= 0.6 is 0 Å². The molecule has 3 rings (SSSR count). The van der Waals surface area contributed by atoms with Gasteiger partial charge in [0.25, 0.3) is 0 Å². The molecule has 112 valence electrons. The quantitative estimate of drug-likeness (QED) is 0.817. The highest BCUT2D eigenvalue weighted by Crippen LogP contribution is 2.32. The first-order valence-corrected chi connectivity index (χ1v) is 7.79. The summed E-state index contributed by atoms with van der Waals surface area (Å²) in [4.78, 5) is 28.2. The molecule has 0 aromatic rings. The number of carbonyl (C=O) groups is 2. The highest BCUT2D eigenvalue weighted by Gasteiger charge is 2.39. The van der Waals surface area contributed by atoms with Crippen molar-refractivity contribution >= 4 is 11.8 Å². The van der Waals surface area contributed by atoms with Gasteiger partial charge in [0.05, 0.1) is 12.0 Å². The lowest BCUT2D eigenvalue weighted by Gasteiger charge is -2.35. The standard InChI is InChI=1S/C15H24N2O3/c1-10-7-16(5-4-13(10)18)15(20)12-6-14(19)17(9-12)8-11-2-3-11/h10-13,18H,2-9H2,1H3. The second kappa shape index (κ2) is 5.35. The monoisotopic (exact) mass is 280 g/mol. The molecule has 0 radical (unpaired) electrons. The number of carbonyl (C=O) groups excluding carboxylic acids is 2. The number of aliphatic hydroxyl groups is 1. The van der Waals surface area contributed by atoms with Crippen molar-refractivity contribution in [3.63, 3.8) is 0 Å². The van der Waals surface area contributed by atoms with Crippen LogP contribution in [0.25, 0.3) is 0 Å². The van der Waals surface area contributed by atoms with Crippen molar-refractivity contribution in [2.45, 2.75) is 38.7 Å². The van der Waals surface area contributed by atoms with Crippen molar-refractivity contribution in [3.8, 4) is 0 Å². The second-order valence-electron chi connectivity index (χ2n) is 6.76. The van der Waals surface area contributed by atoms with E-state index < -0.39 is 0 Å². The van der Waals surface area contributed by atoms with Crippen molar-refractivity contribution in [1.82, 2.24) is 9.80 Å². The third-order valence-corrected chi connectivity index (χ3v) is 4.91. The highest BCUT2D eigenvalue weighted by atomic mass is 16.3. The average molecular weight is 280 g/mol. The number of aliphatic hydroxyl groups excluding tert-OH is 1. The van der Waals surface area contributed by atoms with Gasteiger partial charge in [0, 0.05) is 32.6 Å². The summed E-state index contributed by atoms with van der Waals surface area (Å²) < 4.78 is 0. The fourth-order valence-corrected chi connectivity index (χ4v) is 3.32. The van der Waals surface area contributed by atoms with E-state index in [2.05, 4.69) is 0 Å². The van der Waals surface area contributed by atoms with E-state index in [0.717, 1.165) is 6.54 Å². The summed E-state index contributed by atoms with van der Waals surface area (Å²) in [6, 6.07) is 0. The molecule has 1 saturated carbocycles. The van der Waals surface area contributed by atoms with Crippen LogP contribution < -0.4 is 0 Å². The minimum absolute atomic E-state index is 0.107. The van der Waals surface area contributed by atoms with Crippen molar-refractivity contribution in [3.05, 3.63) is 0 Å². The first-order chi connectivity index (χ1) is 9.54. The van der Waals surface area contributed by atoms with Crippen LogP contribution in [0.4, 0.5) is 0 Å². The van der Waals surface area contributed by atoms with Gasteiger partial charge < -0.3 is 14.9 Å². The Morgan fingerprint density at radius 3 is 2.70 bits per heavy atom. The summed E-state index contributed by atoms with van der Waals surface area (Å²) in [6.07, 6.45) is 3.18. The van der Waals surface area contributed by atoms with Crippen LogP contribution in [0, 0.1) is 17.8 Å². The van der Waals surface area contributed by atoms with Crippen LogP contribution in [0.15, 0.2) is 0 Å². The highest BCUT2D eigenvalue weighted by molar-refractivity contribution is 5.89. The predicted octanol–water partition coefficient (Wildman–Crippen LogP) is 0.474. The number of likely N-dealkylation sites (tertiary alicyclic amines) is 2. The van der Waals surface area contributed by atoms with Gasteiger partial charge in [-0.15, -0.1) is 0 Å². The molecule has 0 spiro atoms. The molecule has 3 unspecified atom stereocenters. The zero-order valence-corrected chi connectivity index (χ0v) is 12.1. The zero-order chi connectivity index (χ0) is 14.3. The van der Waals surface area contributed by atoms with Gasteiger partial charge in [-0.2, -0.15) is 0 Å². The molecule has 0 aromatic carbocycles. The van der Waals surface area contributed by atoms with Crippen molar-refractivity contribution in [2.75, 3.05) is 26.2 Å². The Morgan fingerprint density at radius 1 is 1.30 bits per heavy atom. The minimum Gasteiger partial charge on any atom is -0.393 e. The second-order valence-corrected chi connectivity index (χ2v) is 6.76. The molecule has 3 aliphatic rings. The lowest BCUT2D eigenvalue weighted by molar-refractivity contribution is -0.139. The third-order valence-electron chi connectivity index (χ3n) is 4.91.